The lowest BCUT2D eigenvalue weighted by Gasteiger charge is -2.34. The molecule has 0 saturated carbocycles. The van der Waals surface area contributed by atoms with Crippen LogP contribution in [0.1, 0.15) is 62.2 Å². The molecule has 1 aliphatic rings. The van der Waals surface area contributed by atoms with Crippen molar-refractivity contribution in [1.82, 2.24) is 0 Å². The van der Waals surface area contributed by atoms with Gasteiger partial charge in [0.15, 0.2) is 17.6 Å². The number of hydrogen-bond acceptors (Lipinski definition) is 13. The van der Waals surface area contributed by atoms with Crippen molar-refractivity contribution in [3.05, 3.63) is 71.3 Å². The maximum atomic E-state index is 13.2. The summed E-state index contributed by atoms with van der Waals surface area (Å²) in [7, 11) is 0. The van der Waals surface area contributed by atoms with Crippen LogP contribution in [-0.4, -0.2) is 41.9 Å². The quantitative estimate of drug-likeness (QED) is 0.260. The van der Waals surface area contributed by atoms with Crippen LogP contribution in [0, 0.1) is 0 Å². The Hall–Kier alpha value is -5.72. The van der Waals surface area contributed by atoms with Gasteiger partial charge in [-0.3, -0.25) is 24.0 Å². The first-order chi connectivity index (χ1) is 21.3. The molecule has 3 aromatic rings. The molecule has 0 radical (unpaired) electrons. The Morgan fingerprint density at radius 1 is 0.644 bits per heavy atom. The Balaban J connectivity index is 1.91. The summed E-state index contributed by atoms with van der Waals surface area (Å²) in [5.74, 6) is -5.20. The summed E-state index contributed by atoms with van der Waals surface area (Å²) in [6.45, 7) is 5.69. The number of ether oxygens (including phenoxy) is 7. The SMILES string of the molecule is CC(=O)Oc1cc(OC(C)=O)c2c(c1)O[C@H](c1cc(OC(C)=O)c(OC(C)=O)c(OC(C)=O)c1)[C@H](OC(=O)c1ccccc1)C2. The van der Waals surface area contributed by atoms with Crippen molar-refractivity contribution in [2.24, 2.45) is 0 Å². The molecule has 234 valence electrons. The average Bonchev–Trinajstić information content (AvgIpc) is 2.93. The maximum Gasteiger partial charge on any atom is 0.338 e. The second-order valence-corrected chi connectivity index (χ2v) is 9.76. The van der Waals surface area contributed by atoms with Crippen molar-refractivity contribution >= 4 is 35.8 Å². The van der Waals surface area contributed by atoms with Gasteiger partial charge in [0.1, 0.15) is 23.4 Å². The summed E-state index contributed by atoms with van der Waals surface area (Å²) in [5, 5.41) is 0. The van der Waals surface area contributed by atoms with Crippen LogP contribution in [-0.2, 0) is 35.1 Å². The molecule has 0 spiro atoms. The predicted molar refractivity (Wildman–Crippen MR) is 152 cm³/mol. The lowest BCUT2D eigenvalue weighted by atomic mass is 9.93. The summed E-state index contributed by atoms with van der Waals surface area (Å²) in [6, 6.07) is 13.5. The van der Waals surface area contributed by atoms with Crippen molar-refractivity contribution < 1.29 is 61.9 Å². The monoisotopic (exact) mass is 620 g/mol. The molecule has 1 aliphatic heterocycles. The minimum absolute atomic E-state index is 0.00173. The third-order valence-corrected chi connectivity index (χ3v) is 6.05. The predicted octanol–water partition coefficient (Wildman–Crippen LogP) is 4.21. The third-order valence-electron chi connectivity index (χ3n) is 6.05. The fourth-order valence-corrected chi connectivity index (χ4v) is 4.53. The fraction of sp³-hybridized carbons (Fsp3) is 0.250. The van der Waals surface area contributed by atoms with E-state index >= 15 is 0 Å². The average molecular weight is 621 g/mol. The standard InChI is InChI=1S/C32H28O13/c1-16(33)39-23-13-25(40-17(2)34)24-15-29(45-32(38)21-9-7-6-8-10-21)30(44-26(24)14-23)22-11-27(41-18(3)35)31(43-20(5)37)28(12-22)42-19(4)36/h6-14,29-30H,15H2,1-5H3/t29-,30-/m1/s1. The zero-order valence-electron chi connectivity index (χ0n) is 24.9. The van der Waals surface area contributed by atoms with E-state index in [1.165, 1.54) is 38.1 Å². The van der Waals surface area contributed by atoms with Crippen molar-refractivity contribution in [3.8, 4) is 34.5 Å². The topological polar surface area (TPSA) is 167 Å². The molecule has 0 aromatic heterocycles. The molecule has 0 amide bonds. The first-order valence-electron chi connectivity index (χ1n) is 13.5. The zero-order chi connectivity index (χ0) is 32.8. The van der Waals surface area contributed by atoms with Gasteiger partial charge in [-0.25, -0.2) is 4.79 Å². The third kappa shape index (κ3) is 8.22. The molecule has 45 heavy (non-hydrogen) atoms. The van der Waals surface area contributed by atoms with E-state index in [-0.39, 0.29) is 52.0 Å². The second-order valence-electron chi connectivity index (χ2n) is 9.76. The first kappa shape index (κ1) is 32.2. The Kier molecular flexibility index (Phi) is 9.81. The number of rotatable bonds is 8. The van der Waals surface area contributed by atoms with E-state index in [0.29, 0.717) is 5.56 Å². The molecule has 0 fully saturated rings. The van der Waals surface area contributed by atoms with Gasteiger partial charge >= 0.3 is 35.8 Å². The highest BCUT2D eigenvalue weighted by molar-refractivity contribution is 5.89. The molecule has 0 N–H and O–H groups in total. The number of carbonyl (C=O) groups is 6. The van der Waals surface area contributed by atoms with Crippen LogP contribution >= 0.6 is 0 Å². The number of carbonyl (C=O) groups excluding carboxylic acids is 6. The van der Waals surface area contributed by atoms with E-state index in [1.54, 1.807) is 30.3 Å². The molecule has 0 unspecified atom stereocenters. The van der Waals surface area contributed by atoms with Gasteiger partial charge in [-0.2, -0.15) is 0 Å². The highest BCUT2D eigenvalue weighted by Crippen LogP contribution is 2.47. The summed E-state index contributed by atoms with van der Waals surface area (Å²) < 4.78 is 38.6. The van der Waals surface area contributed by atoms with Crippen molar-refractivity contribution in [1.29, 1.82) is 0 Å². The van der Waals surface area contributed by atoms with E-state index in [0.717, 1.165) is 20.8 Å². The molecule has 2 atom stereocenters. The van der Waals surface area contributed by atoms with Crippen molar-refractivity contribution in [2.75, 3.05) is 0 Å². The molecule has 0 saturated heterocycles. The minimum Gasteiger partial charge on any atom is -0.481 e. The van der Waals surface area contributed by atoms with Crippen LogP contribution in [0.3, 0.4) is 0 Å². The van der Waals surface area contributed by atoms with Crippen LogP contribution in [0.15, 0.2) is 54.6 Å². The van der Waals surface area contributed by atoms with Crippen LogP contribution in [0.4, 0.5) is 0 Å². The van der Waals surface area contributed by atoms with E-state index < -0.39 is 48.0 Å². The van der Waals surface area contributed by atoms with Gasteiger partial charge in [-0.1, -0.05) is 18.2 Å². The highest BCUT2D eigenvalue weighted by Gasteiger charge is 2.38. The van der Waals surface area contributed by atoms with Gasteiger partial charge in [0.2, 0.25) is 5.75 Å². The Bertz CT molecular complexity index is 1640. The summed E-state index contributed by atoms with van der Waals surface area (Å²) in [5.41, 5.74) is 0.723. The van der Waals surface area contributed by atoms with E-state index in [9.17, 15) is 28.8 Å². The van der Waals surface area contributed by atoms with Crippen LogP contribution in [0.5, 0.6) is 34.5 Å². The number of benzene rings is 3. The van der Waals surface area contributed by atoms with Gasteiger partial charge in [-0.05, 0) is 24.3 Å². The van der Waals surface area contributed by atoms with Crippen molar-refractivity contribution in [2.45, 2.75) is 53.2 Å². The molecule has 13 nitrogen and oxygen atoms in total. The molecular formula is C32H28O13. The molecule has 1 heterocycles. The van der Waals surface area contributed by atoms with Gasteiger partial charge < -0.3 is 33.2 Å². The lowest BCUT2D eigenvalue weighted by molar-refractivity contribution is -0.135. The second kappa shape index (κ2) is 13.7. The van der Waals surface area contributed by atoms with E-state index in [1.807, 2.05) is 0 Å². The minimum atomic E-state index is -1.18. The zero-order valence-corrected chi connectivity index (χ0v) is 24.9. The van der Waals surface area contributed by atoms with E-state index in [2.05, 4.69) is 0 Å². The van der Waals surface area contributed by atoms with Crippen LogP contribution < -0.4 is 28.4 Å². The van der Waals surface area contributed by atoms with Gasteiger partial charge in [-0.15, -0.1) is 0 Å². The molecule has 13 heteroatoms. The summed E-state index contributed by atoms with van der Waals surface area (Å²) in [6.07, 6.45) is -2.37. The molecule has 4 rings (SSSR count). The largest absolute Gasteiger partial charge is 0.481 e. The number of fused-ring (bicyclic) bond motifs is 1. The smallest absolute Gasteiger partial charge is 0.338 e. The summed E-state index contributed by atoms with van der Waals surface area (Å²) in [4.78, 5) is 72.8. The van der Waals surface area contributed by atoms with Gasteiger partial charge in [0, 0.05) is 64.3 Å². The Labute approximate surface area is 256 Å². The molecular weight excluding hydrogens is 592 g/mol. The Morgan fingerprint density at radius 2 is 1.18 bits per heavy atom. The van der Waals surface area contributed by atoms with E-state index in [4.69, 9.17) is 33.2 Å². The molecule has 0 bridgehead atoms. The van der Waals surface area contributed by atoms with Crippen molar-refractivity contribution in [3.63, 3.8) is 0 Å². The number of hydrogen-bond donors (Lipinski definition) is 0. The van der Waals surface area contributed by atoms with Gasteiger partial charge in [0.05, 0.1) is 5.56 Å². The molecule has 3 aromatic carbocycles. The maximum absolute atomic E-state index is 13.2. The van der Waals surface area contributed by atoms with Crippen LogP contribution in [0.25, 0.3) is 0 Å². The normalized spacial score (nSPS) is 15.0. The van der Waals surface area contributed by atoms with Crippen LogP contribution in [0.2, 0.25) is 0 Å². The first-order valence-corrected chi connectivity index (χ1v) is 13.5. The molecule has 0 aliphatic carbocycles. The summed E-state index contributed by atoms with van der Waals surface area (Å²) >= 11 is 0. The fourth-order valence-electron chi connectivity index (χ4n) is 4.53. The lowest BCUT2D eigenvalue weighted by Crippen LogP contribution is -2.35. The van der Waals surface area contributed by atoms with Gasteiger partial charge in [0.25, 0.3) is 0 Å². The Morgan fingerprint density at radius 3 is 1.71 bits per heavy atom. The highest BCUT2D eigenvalue weighted by atomic mass is 16.6. The number of esters is 6.